The zero-order chi connectivity index (χ0) is 13.8. The molecule has 1 aromatic heterocycles. The molecule has 0 amide bonds. The first-order valence-corrected chi connectivity index (χ1v) is 8.22. The number of rotatable bonds is 4. The van der Waals surface area contributed by atoms with Crippen LogP contribution in [-0.4, -0.2) is 29.5 Å². The van der Waals surface area contributed by atoms with Gasteiger partial charge in [0.15, 0.2) is 0 Å². The van der Waals surface area contributed by atoms with Crippen LogP contribution in [0.5, 0.6) is 0 Å². The second-order valence-corrected chi connectivity index (χ2v) is 6.35. The number of aromatic nitrogens is 1. The van der Waals surface area contributed by atoms with Gasteiger partial charge in [0, 0.05) is 29.6 Å². The third kappa shape index (κ3) is 3.38. The summed E-state index contributed by atoms with van der Waals surface area (Å²) >= 11 is 1.76. The SMILES string of the molecule is Nc1cccc(-c2csc(CCN3CCCCC3)n2)c1. The van der Waals surface area contributed by atoms with Gasteiger partial charge in [-0.3, -0.25) is 0 Å². The molecule has 0 spiro atoms. The van der Waals surface area contributed by atoms with Gasteiger partial charge in [0.2, 0.25) is 0 Å². The highest BCUT2D eigenvalue weighted by atomic mass is 32.1. The number of hydrogen-bond donors (Lipinski definition) is 1. The number of benzene rings is 1. The van der Waals surface area contributed by atoms with Gasteiger partial charge in [-0.05, 0) is 38.1 Å². The van der Waals surface area contributed by atoms with Gasteiger partial charge in [-0.15, -0.1) is 11.3 Å². The number of nitrogens with two attached hydrogens (primary N) is 1. The smallest absolute Gasteiger partial charge is 0.0945 e. The Bertz CT molecular complexity index is 558. The van der Waals surface area contributed by atoms with E-state index in [9.17, 15) is 0 Å². The summed E-state index contributed by atoms with van der Waals surface area (Å²) in [5.41, 5.74) is 8.79. The van der Waals surface area contributed by atoms with Gasteiger partial charge in [0.1, 0.15) is 0 Å². The molecular weight excluding hydrogens is 266 g/mol. The van der Waals surface area contributed by atoms with Crippen LogP contribution in [0.1, 0.15) is 24.3 Å². The van der Waals surface area contributed by atoms with Crippen molar-refractivity contribution in [2.45, 2.75) is 25.7 Å². The molecule has 1 aliphatic rings. The van der Waals surface area contributed by atoms with Crippen molar-refractivity contribution >= 4 is 17.0 Å². The average molecular weight is 287 g/mol. The fourth-order valence-corrected chi connectivity index (χ4v) is 3.49. The Morgan fingerprint density at radius 3 is 2.85 bits per heavy atom. The maximum absolute atomic E-state index is 5.83. The number of hydrogen-bond acceptors (Lipinski definition) is 4. The van der Waals surface area contributed by atoms with E-state index < -0.39 is 0 Å². The van der Waals surface area contributed by atoms with Crippen LogP contribution >= 0.6 is 11.3 Å². The lowest BCUT2D eigenvalue weighted by molar-refractivity contribution is 0.231. The molecule has 0 saturated carbocycles. The Hall–Kier alpha value is -1.39. The van der Waals surface area contributed by atoms with Crippen LogP contribution < -0.4 is 5.73 Å². The maximum Gasteiger partial charge on any atom is 0.0945 e. The third-order valence-corrected chi connectivity index (χ3v) is 4.73. The number of likely N-dealkylation sites (tertiary alicyclic amines) is 1. The summed E-state index contributed by atoms with van der Waals surface area (Å²) in [5, 5.41) is 3.37. The van der Waals surface area contributed by atoms with E-state index in [1.165, 1.54) is 37.4 Å². The zero-order valence-corrected chi connectivity index (χ0v) is 12.5. The van der Waals surface area contributed by atoms with Gasteiger partial charge in [-0.25, -0.2) is 4.98 Å². The summed E-state index contributed by atoms with van der Waals surface area (Å²) in [6, 6.07) is 7.95. The largest absolute Gasteiger partial charge is 0.399 e. The van der Waals surface area contributed by atoms with E-state index in [2.05, 4.69) is 16.3 Å². The van der Waals surface area contributed by atoms with E-state index in [1.807, 2.05) is 18.2 Å². The van der Waals surface area contributed by atoms with E-state index in [0.717, 1.165) is 29.9 Å². The van der Waals surface area contributed by atoms with Crippen molar-refractivity contribution in [3.63, 3.8) is 0 Å². The zero-order valence-electron chi connectivity index (χ0n) is 11.7. The average Bonchev–Trinajstić information content (AvgIpc) is 2.95. The lowest BCUT2D eigenvalue weighted by atomic mass is 10.1. The number of anilines is 1. The Kier molecular flexibility index (Phi) is 4.33. The van der Waals surface area contributed by atoms with Crippen molar-refractivity contribution in [2.75, 3.05) is 25.4 Å². The molecule has 0 bridgehead atoms. The molecule has 1 fully saturated rings. The van der Waals surface area contributed by atoms with E-state index in [-0.39, 0.29) is 0 Å². The summed E-state index contributed by atoms with van der Waals surface area (Å²) in [7, 11) is 0. The molecule has 0 unspecified atom stereocenters. The highest BCUT2D eigenvalue weighted by Crippen LogP contribution is 2.24. The molecule has 106 valence electrons. The molecule has 1 aliphatic heterocycles. The maximum atomic E-state index is 5.83. The van der Waals surface area contributed by atoms with E-state index in [4.69, 9.17) is 10.7 Å². The first-order chi connectivity index (χ1) is 9.81. The molecule has 2 N–H and O–H groups in total. The lowest BCUT2D eigenvalue weighted by Crippen LogP contribution is -2.31. The Balaban J connectivity index is 1.61. The van der Waals surface area contributed by atoms with Crippen LogP contribution in [0, 0.1) is 0 Å². The van der Waals surface area contributed by atoms with E-state index >= 15 is 0 Å². The Morgan fingerprint density at radius 1 is 1.20 bits per heavy atom. The summed E-state index contributed by atoms with van der Waals surface area (Å²) in [6.07, 6.45) is 5.17. The summed E-state index contributed by atoms with van der Waals surface area (Å²) in [5.74, 6) is 0. The third-order valence-electron chi connectivity index (χ3n) is 3.82. The fraction of sp³-hybridized carbons (Fsp3) is 0.438. The number of nitrogens with zero attached hydrogens (tertiary/aromatic N) is 2. The van der Waals surface area contributed by atoms with E-state index in [0.29, 0.717) is 0 Å². The Morgan fingerprint density at radius 2 is 2.05 bits per heavy atom. The van der Waals surface area contributed by atoms with Crippen molar-refractivity contribution in [3.05, 3.63) is 34.7 Å². The number of thiazole rings is 1. The topological polar surface area (TPSA) is 42.1 Å². The minimum atomic E-state index is 0.797. The van der Waals surface area contributed by atoms with Crippen LogP contribution in [0.3, 0.4) is 0 Å². The number of piperidine rings is 1. The molecule has 3 rings (SSSR count). The van der Waals surface area contributed by atoms with Crippen molar-refractivity contribution in [1.82, 2.24) is 9.88 Å². The van der Waals surface area contributed by atoms with Crippen LogP contribution in [0.2, 0.25) is 0 Å². The van der Waals surface area contributed by atoms with Crippen molar-refractivity contribution in [1.29, 1.82) is 0 Å². The van der Waals surface area contributed by atoms with Gasteiger partial charge < -0.3 is 10.6 Å². The quantitative estimate of drug-likeness (QED) is 0.876. The molecule has 2 heterocycles. The predicted octanol–water partition coefficient (Wildman–Crippen LogP) is 3.42. The molecule has 3 nitrogen and oxygen atoms in total. The summed E-state index contributed by atoms with van der Waals surface area (Å²) < 4.78 is 0. The summed E-state index contributed by atoms with van der Waals surface area (Å²) in [6.45, 7) is 3.66. The molecule has 4 heteroatoms. The minimum Gasteiger partial charge on any atom is -0.399 e. The predicted molar refractivity (Wildman–Crippen MR) is 86.0 cm³/mol. The highest BCUT2D eigenvalue weighted by Gasteiger charge is 2.11. The number of nitrogen functional groups attached to an aromatic ring is 1. The van der Waals surface area contributed by atoms with Gasteiger partial charge in [-0.2, -0.15) is 0 Å². The van der Waals surface area contributed by atoms with Crippen molar-refractivity contribution in [3.8, 4) is 11.3 Å². The molecule has 2 aromatic rings. The normalized spacial score (nSPS) is 16.4. The monoisotopic (exact) mass is 287 g/mol. The molecule has 0 radical (unpaired) electrons. The molecule has 1 aromatic carbocycles. The van der Waals surface area contributed by atoms with E-state index in [1.54, 1.807) is 11.3 Å². The van der Waals surface area contributed by atoms with Crippen LogP contribution in [0.25, 0.3) is 11.3 Å². The standard InChI is InChI=1S/C16H21N3S/c17-14-6-4-5-13(11-14)15-12-20-16(18-15)7-10-19-8-2-1-3-9-19/h4-6,11-12H,1-3,7-10,17H2. The van der Waals surface area contributed by atoms with Gasteiger partial charge in [0.25, 0.3) is 0 Å². The van der Waals surface area contributed by atoms with Crippen molar-refractivity contribution in [2.24, 2.45) is 0 Å². The van der Waals surface area contributed by atoms with Gasteiger partial charge in [0.05, 0.1) is 10.7 Å². The van der Waals surface area contributed by atoms with Crippen LogP contribution in [-0.2, 0) is 6.42 Å². The van der Waals surface area contributed by atoms with Gasteiger partial charge >= 0.3 is 0 Å². The molecule has 1 saturated heterocycles. The molecule has 0 atom stereocenters. The lowest BCUT2D eigenvalue weighted by Gasteiger charge is -2.25. The first-order valence-electron chi connectivity index (χ1n) is 7.34. The Labute approximate surface area is 124 Å². The molecule has 0 aliphatic carbocycles. The van der Waals surface area contributed by atoms with Crippen LogP contribution in [0.4, 0.5) is 5.69 Å². The molecular formula is C16H21N3S. The van der Waals surface area contributed by atoms with Gasteiger partial charge in [-0.1, -0.05) is 18.6 Å². The highest BCUT2D eigenvalue weighted by molar-refractivity contribution is 7.09. The first kappa shape index (κ1) is 13.6. The second kappa shape index (κ2) is 6.37. The minimum absolute atomic E-state index is 0.797. The summed E-state index contributed by atoms with van der Waals surface area (Å²) in [4.78, 5) is 7.30. The van der Waals surface area contributed by atoms with Crippen molar-refractivity contribution < 1.29 is 0 Å². The molecule has 20 heavy (non-hydrogen) atoms. The second-order valence-electron chi connectivity index (χ2n) is 5.40. The fourth-order valence-electron chi connectivity index (χ4n) is 2.69. The van der Waals surface area contributed by atoms with Crippen LogP contribution in [0.15, 0.2) is 29.6 Å².